The highest BCUT2D eigenvalue weighted by atomic mass is 16.1. The summed E-state index contributed by atoms with van der Waals surface area (Å²) in [4.78, 5) is 17.5. The number of aryl methyl sites for hydroxylation is 1. The molecule has 0 aliphatic heterocycles. The summed E-state index contributed by atoms with van der Waals surface area (Å²) in [5.41, 5.74) is 8.36. The number of amides is 1. The molecule has 0 saturated heterocycles. The molecular weight excluding hydrogens is 386 g/mol. The van der Waals surface area contributed by atoms with E-state index in [1.807, 2.05) is 25.1 Å². The van der Waals surface area contributed by atoms with E-state index in [1.165, 1.54) is 25.7 Å². The van der Waals surface area contributed by atoms with Crippen molar-refractivity contribution in [3.63, 3.8) is 0 Å². The Labute approximate surface area is 186 Å². The van der Waals surface area contributed by atoms with E-state index in [0.29, 0.717) is 23.5 Å². The Morgan fingerprint density at radius 3 is 2.74 bits per heavy atom. The van der Waals surface area contributed by atoms with E-state index in [2.05, 4.69) is 35.9 Å². The Morgan fingerprint density at radius 1 is 1.26 bits per heavy atom. The van der Waals surface area contributed by atoms with Crippen molar-refractivity contribution in [2.24, 2.45) is 11.7 Å². The molecule has 1 fully saturated rings. The van der Waals surface area contributed by atoms with Gasteiger partial charge < -0.3 is 21.7 Å². The van der Waals surface area contributed by atoms with Crippen LogP contribution in [0.2, 0.25) is 0 Å². The molecular formula is C25H39N5O. The van der Waals surface area contributed by atoms with Gasteiger partial charge >= 0.3 is 0 Å². The molecule has 6 heteroatoms. The van der Waals surface area contributed by atoms with Crippen molar-refractivity contribution in [2.75, 3.05) is 11.9 Å². The standard InChI is InChI=1S/C25H39N5O/c1-5-20(29-22-9-7-6-8-17(22)3)12-13-27-24-21(25(31)28-18(4)26)15-19-14-16(2)10-11-23(19)30-24/h10-11,14-15,17-18,20,22,29H,5-9,12-13,26H2,1-4H3,(H,27,30)(H,28,31). The van der Waals surface area contributed by atoms with Crippen LogP contribution in [0.1, 0.15) is 75.2 Å². The van der Waals surface area contributed by atoms with Gasteiger partial charge in [0, 0.05) is 24.0 Å². The molecule has 170 valence electrons. The Hall–Kier alpha value is -2.18. The van der Waals surface area contributed by atoms with Crippen LogP contribution in [0.4, 0.5) is 5.82 Å². The maximum absolute atomic E-state index is 12.8. The predicted molar refractivity (Wildman–Crippen MR) is 129 cm³/mol. The molecule has 1 aromatic heterocycles. The summed E-state index contributed by atoms with van der Waals surface area (Å²) >= 11 is 0. The van der Waals surface area contributed by atoms with Crippen LogP contribution in [-0.2, 0) is 0 Å². The molecule has 0 radical (unpaired) electrons. The van der Waals surface area contributed by atoms with E-state index >= 15 is 0 Å². The van der Waals surface area contributed by atoms with Gasteiger partial charge in [-0.2, -0.15) is 0 Å². The number of carbonyl (C=O) groups excluding carboxylic acids is 1. The summed E-state index contributed by atoms with van der Waals surface area (Å²) in [7, 11) is 0. The molecule has 6 nitrogen and oxygen atoms in total. The van der Waals surface area contributed by atoms with Gasteiger partial charge in [-0.15, -0.1) is 0 Å². The van der Waals surface area contributed by atoms with Crippen molar-refractivity contribution >= 4 is 22.6 Å². The van der Waals surface area contributed by atoms with Gasteiger partial charge in [-0.3, -0.25) is 4.79 Å². The first-order chi connectivity index (χ1) is 14.9. The van der Waals surface area contributed by atoms with E-state index in [-0.39, 0.29) is 5.91 Å². The average Bonchev–Trinajstić information content (AvgIpc) is 2.73. The van der Waals surface area contributed by atoms with Crippen molar-refractivity contribution in [2.45, 2.75) is 84.5 Å². The van der Waals surface area contributed by atoms with Crippen LogP contribution >= 0.6 is 0 Å². The van der Waals surface area contributed by atoms with E-state index < -0.39 is 6.17 Å². The third-order valence-corrected chi connectivity index (χ3v) is 6.41. The Bertz CT molecular complexity index is 882. The molecule has 4 unspecified atom stereocenters. The van der Waals surface area contributed by atoms with E-state index in [9.17, 15) is 4.79 Å². The van der Waals surface area contributed by atoms with E-state index in [4.69, 9.17) is 10.7 Å². The lowest BCUT2D eigenvalue weighted by Crippen LogP contribution is -2.44. The Kier molecular flexibility index (Phi) is 8.27. The van der Waals surface area contributed by atoms with Gasteiger partial charge in [0.25, 0.3) is 5.91 Å². The average molecular weight is 426 g/mol. The molecule has 1 aliphatic carbocycles. The molecule has 1 heterocycles. The number of hydrogen-bond acceptors (Lipinski definition) is 5. The maximum Gasteiger partial charge on any atom is 0.256 e. The largest absolute Gasteiger partial charge is 0.369 e. The molecule has 5 N–H and O–H groups in total. The molecule has 1 aliphatic rings. The lowest BCUT2D eigenvalue weighted by Gasteiger charge is -2.33. The van der Waals surface area contributed by atoms with Crippen LogP contribution in [0.5, 0.6) is 0 Å². The minimum Gasteiger partial charge on any atom is -0.369 e. The summed E-state index contributed by atoms with van der Waals surface area (Å²) in [6, 6.07) is 9.09. The summed E-state index contributed by atoms with van der Waals surface area (Å²) in [6.07, 6.45) is 6.95. The molecule has 2 aromatic rings. The molecule has 1 saturated carbocycles. The number of aromatic nitrogens is 1. The normalized spacial score (nSPS) is 20.9. The van der Waals surface area contributed by atoms with Crippen molar-refractivity contribution in [3.8, 4) is 0 Å². The van der Waals surface area contributed by atoms with Crippen LogP contribution in [0, 0.1) is 12.8 Å². The lowest BCUT2D eigenvalue weighted by molar-refractivity contribution is 0.0942. The van der Waals surface area contributed by atoms with Gasteiger partial charge in [0.05, 0.1) is 17.2 Å². The number of nitrogens with zero attached hydrogens (tertiary/aromatic N) is 1. The molecule has 4 atom stereocenters. The minimum absolute atomic E-state index is 0.199. The van der Waals surface area contributed by atoms with Gasteiger partial charge in [0.15, 0.2) is 0 Å². The maximum atomic E-state index is 12.8. The van der Waals surface area contributed by atoms with E-state index in [0.717, 1.165) is 41.8 Å². The first-order valence-corrected chi connectivity index (χ1v) is 11.8. The molecule has 1 aromatic carbocycles. The fraction of sp³-hybridized carbons (Fsp3) is 0.600. The van der Waals surface area contributed by atoms with Crippen LogP contribution in [0.15, 0.2) is 24.3 Å². The molecule has 3 rings (SSSR count). The topological polar surface area (TPSA) is 92.1 Å². The minimum atomic E-state index is -0.417. The highest BCUT2D eigenvalue weighted by molar-refractivity contribution is 6.02. The van der Waals surface area contributed by atoms with Gasteiger partial charge in [-0.05, 0) is 63.6 Å². The fourth-order valence-electron chi connectivity index (χ4n) is 4.53. The monoisotopic (exact) mass is 425 g/mol. The number of benzene rings is 1. The zero-order valence-electron chi connectivity index (χ0n) is 19.5. The van der Waals surface area contributed by atoms with Crippen LogP contribution in [0.3, 0.4) is 0 Å². The van der Waals surface area contributed by atoms with Crippen molar-refractivity contribution in [3.05, 3.63) is 35.4 Å². The second-order valence-corrected chi connectivity index (χ2v) is 9.20. The third-order valence-electron chi connectivity index (χ3n) is 6.41. The van der Waals surface area contributed by atoms with Crippen LogP contribution in [-0.4, -0.2) is 35.7 Å². The Balaban J connectivity index is 1.71. The van der Waals surface area contributed by atoms with Gasteiger partial charge in [0.1, 0.15) is 5.82 Å². The SMILES string of the molecule is CCC(CCNc1nc2ccc(C)cc2cc1C(=O)NC(C)N)NC1CCCCC1C. The lowest BCUT2D eigenvalue weighted by atomic mass is 9.85. The summed E-state index contributed by atoms with van der Waals surface area (Å²) in [5, 5.41) is 11.1. The predicted octanol–water partition coefficient (Wildman–Crippen LogP) is 4.33. The fourth-order valence-corrected chi connectivity index (χ4v) is 4.53. The number of hydrogen-bond donors (Lipinski definition) is 4. The van der Waals surface area contributed by atoms with Gasteiger partial charge in [-0.1, -0.05) is 38.3 Å². The molecule has 1 amide bonds. The van der Waals surface area contributed by atoms with Crippen LogP contribution in [0.25, 0.3) is 10.9 Å². The van der Waals surface area contributed by atoms with Crippen molar-refractivity contribution < 1.29 is 4.79 Å². The number of rotatable bonds is 9. The first-order valence-electron chi connectivity index (χ1n) is 11.8. The number of carbonyl (C=O) groups is 1. The van der Waals surface area contributed by atoms with Crippen LogP contribution < -0.4 is 21.7 Å². The number of fused-ring (bicyclic) bond motifs is 1. The first kappa shape index (κ1) is 23.5. The zero-order valence-corrected chi connectivity index (χ0v) is 19.5. The highest BCUT2D eigenvalue weighted by Gasteiger charge is 2.23. The smallest absolute Gasteiger partial charge is 0.256 e. The number of nitrogens with two attached hydrogens (primary N) is 1. The third kappa shape index (κ3) is 6.40. The quantitative estimate of drug-likeness (QED) is 0.449. The molecule has 0 spiro atoms. The second-order valence-electron chi connectivity index (χ2n) is 9.20. The highest BCUT2D eigenvalue weighted by Crippen LogP contribution is 2.25. The van der Waals surface area contributed by atoms with Crippen molar-refractivity contribution in [1.29, 1.82) is 0 Å². The number of anilines is 1. The Morgan fingerprint density at radius 2 is 2.03 bits per heavy atom. The molecule has 31 heavy (non-hydrogen) atoms. The zero-order chi connectivity index (χ0) is 22.4. The van der Waals surface area contributed by atoms with E-state index in [1.54, 1.807) is 6.92 Å². The van der Waals surface area contributed by atoms with Crippen molar-refractivity contribution in [1.82, 2.24) is 15.6 Å². The molecule has 0 bridgehead atoms. The number of pyridine rings is 1. The number of nitrogens with one attached hydrogen (secondary N) is 3. The summed E-state index contributed by atoms with van der Waals surface area (Å²) < 4.78 is 0. The second kappa shape index (κ2) is 10.9. The summed E-state index contributed by atoms with van der Waals surface area (Å²) in [5.74, 6) is 1.17. The summed E-state index contributed by atoms with van der Waals surface area (Å²) in [6.45, 7) is 9.16. The van der Waals surface area contributed by atoms with Gasteiger partial charge in [-0.25, -0.2) is 4.98 Å². The van der Waals surface area contributed by atoms with Gasteiger partial charge in [0.2, 0.25) is 0 Å².